The molecule has 2 aromatic heterocycles. The summed E-state index contributed by atoms with van der Waals surface area (Å²) < 4.78 is 5.40. The molecule has 2 aromatic carbocycles. The molecule has 148 valence electrons. The van der Waals surface area contributed by atoms with Crippen LogP contribution in [-0.2, 0) is 6.42 Å². The Balaban J connectivity index is 1.90. The Hall–Kier alpha value is -3.19. The molecule has 0 aliphatic carbocycles. The van der Waals surface area contributed by atoms with Crippen molar-refractivity contribution >= 4 is 28.4 Å². The predicted molar refractivity (Wildman–Crippen MR) is 118 cm³/mol. The molecule has 29 heavy (non-hydrogen) atoms. The van der Waals surface area contributed by atoms with Crippen molar-refractivity contribution in [1.82, 2.24) is 15.2 Å². The van der Waals surface area contributed by atoms with Gasteiger partial charge in [0.15, 0.2) is 0 Å². The molecule has 0 aliphatic rings. The summed E-state index contributed by atoms with van der Waals surface area (Å²) in [5, 5.41) is 6.67. The number of hydrogen-bond acceptors (Lipinski definition) is 5. The van der Waals surface area contributed by atoms with Gasteiger partial charge in [-0.1, -0.05) is 25.1 Å². The van der Waals surface area contributed by atoms with Gasteiger partial charge in [0.1, 0.15) is 5.75 Å². The van der Waals surface area contributed by atoms with Crippen LogP contribution >= 0.6 is 11.8 Å². The minimum absolute atomic E-state index is 0.155. The van der Waals surface area contributed by atoms with Crippen LogP contribution in [0.5, 0.6) is 5.75 Å². The summed E-state index contributed by atoms with van der Waals surface area (Å²) in [6.45, 7) is 2.08. The number of nitrogens with one attached hydrogen (secondary N) is 2. The smallest absolute Gasteiger partial charge is 0.273 e. The molecule has 6 nitrogen and oxygen atoms in total. The van der Waals surface area contributed by atoms with Crippen LogP contribution in [0.25, 0.3) is 22.2 Å². The predicted octanol–water partition coefficient (Wildman–Crippen LogP) is 4.61. The van der Waals surface area contributed by atoms with Crippen LogP contribution in [0.1, 0.15) is 19.0 Å². The number of benzene rings is 2. The molecule has 7 heteroatoms. The van der Waals surface area contributed by atoms with Crippen LogP contribution in [-0.4, -0.2) is 22.3 Å². The third-order valence-corrected chi connectivity index (χ3v) is 5.76. The third kappa shape index (κ3) is 3.86. The van der Waals surface area contributed by atoms with Gasteiger partial charge in [-0.25, -0.2) is 4.98 Å². The van der Waals surface area contributed by atoms with E-state index in [0.717, 1.165) is 50.7 Å². The van der Waals surface area contributed by atoms with Crippen molar-refractivity contribution in [3.05, 3.63) is 64.6 Å². The first-order valence-electron chi connectivity index (χ1n) is 9.41. The van der Waals surface area contributed by atoms with Gasteiger partial charge in [-0.2, -0.15) is 0 Å². The first-order chi connectivity index (χ1) is 14.1. The molecular weight excluding hydrogens is 384 g/mol. The topological polar surface area (TPSA) is 96.8 Å². The van der Waals surface area contributed by atoms with Gasteiger partial charge in [-0.15, -0.1) is 0 Å². The lowest BCUT2D eigenvalue weighted by Gasteiger charge is -2.11. The molecule has 2 heterocycles. The molecule has 0 radical (unpaired) electrons. The van der Waals surface area contributed by atoms with E-state index in [9.17, 15) is 4.79 Å². The molecule has 0 amide bonds. The molecule has 0 spiro atoms. The fourth-order valence-electron chi connectivity index (χ4n) is 3.28. The van der Waals surface area contributed by atoms with Gasteiger partial charge in [0, 0.05) is 26.6 Å². The van der Waals surface area contributed by atoms with E-state index in [4.69, 9.17) is 15.5 Å². The summed E-state index contributed by atoms with van der Waals surface area (Å²) in [7, 11) is 1.64. The summed E-state index contributed by atoms with van der Waals surface area (Å²) in [6.07, 6.45) is 1.70. The maximum absolute atomic E-state index is 12.5. The summed E-state index contributed by atoms with van der Waals surface area (Å²) in [5.74, 6) is 0.761. The second kappa shape index (κ2) is 8.05. The number of aromatic amines is 2. The Kier molecular flexibility index (Phi) is 5.31. The average molecular weight is 407 g/mol. The monoisotopic (exact) mass is 406 g/mol. The van der Waals surface area contributed by atoms with Crippen LogP contribution in [0.15, 0.2) is 63.1 Å². The van der Waals surface area contributed by atoms with Crippen molar-refractivity contribution in [3.8, 4) is 17.0 Å². The average Bonchev–Trinajstić information content (AvgIpc) is 3.09. The van der Waals surface area contributed by atoms with E-state index >= 15 is 0 Å². The highest BCUT2D eigenvalue weighted by molar-refractivity contribution is 7.99. The van der Waals surface area contributed by atoms with E-state index in [1.54, 1.807) is 18.9 Å². The second-order valence-corrected chi connectivity index (χ2v) is 7.86. The number of methoxy groups -OCH3 is 1. The fourth-order valence-corrected chi connectivity index (χ4v) is 4.25. The zero-order valence-corrected chi connectivity index (χ0v) is 17.1. The lowest BCUT2D eigenvalue weighted by molar-refractivity contribution is 0.415. The van der Waals surface area contributed by atoms with Crippen molar-refractivity contribution in [2.45, 2.75) is 29.6 Å². The summed E-state index contributed by atoms with van der Waals surface area (Å²) in [6, 6.07) is 15.5. The van der Waals surface area contributed by atoms with Gasteiger partial charge < -0.3 is 15.6 Å². The molecule has 4 N–H and O–H groups in total. The highest BCUT2D eigenvalue weighted by Crippen LogP contribution is 2.37. The Bertz CT molecular complexity index is 1210. The van der Waals surface area contributed by atoms with Crippen molar-refractivity contribution in [2.24, 2.45) is 0 Å². The molecule has 0 bridgehead atoms. The van der Waals surface area contributed by atoms with E-state index < -0.39 is 0 Å². The number of pyridine rings is 1. The minimum Gasteiger partial charge on any atom is -0.497 e. The maximum Gasteiger partial charge on any atom is 0.273 e. The zero-order chi connectivity index (χ0) is 20.4. The van der Waals surface area contributed by atoms with Crippen molar-refractivity contribution in [1.29, 1.82) is 0 Å². The number of nitrogens with zero attached hydrogens (tertiary/aromatic N) is 1. The first-order valence-corrected chi connectivity index (χ1v) is 10.2. The highest BCUT2D eigenvalue weighted by atomic mass is 32.2. The van der Waals surface area contributed by atoms with Crippen LogP contribution < -0.4 is 16.0 Å². The molecule has 4 rings (SSSR count). The van der Waals surface area contributed by atoms with Gasteiger partial charge >= 0.3 is 0 Å². The number of hydrogen-bond donors (Lipinski definition) is 3. The van der Waals surface area contributed by atoms with Crippen molar-refractivity contribution in [3.63, 3.8) is 0 Å². The van der Waals surface area contributed by atoms with Gasteiger partial charge in [0.2, 0.25) is 0 Å². The molecular formula is C22H22N4O2S. The molecule has 0 fully saturated rings. The minimum atomic E-state index is -0.155. The fraction of sp³-hybridized carbons (Fsp3) is 0.182. The number of anilines is 1. The number of nitrogen functional groups attached to an aromatic ring is 1. The van der Waals surface area contributed by atoms with E-state index in [0.29, 0.717) is 11.3 Å². The number of H-pyrrole nitrogens is 2. The van der Waals surface area contributed by atoms with E-state index in [1.807, 2.05) is 48.5 Å². The Labute approximate surface area is 172 Å². The van der Waals surface area contributed by atoms with E-state index in [-0.39, 0.29) is 5.56 Å². The maximum atomic E-state index is 12.5. The standard InChI is InChI=1S/C22H22N4O2S/c1-3-4-18-21(22(27)26-25-18)19-12-20(29-15-8-5-13(23)6-9-15)16-11-14(28-2)7-10-17(16)24-19/h5-12H,3-4,23H2,1-2H3,(H2,25,26,27). The Morgan fingerprint density at radius 2 is 1.90 bits per heavy atom. The number of rotatable bonds is 6. The van der Waals surface area contributed by atoms with Crippen molar-refractivity contribution in [2.75, 3.05) is 12.8 Å². The van der Waals surface area contributed by atoms with Crippen LogP contribution in [0, 0.1) is 0 Å². The van der Waals surface area contributed by atoms with Gasteiger partial charge in [0.25, 0.3) is 5.56 Å². The molecule has 0 saturated heterocycles. The van der Waals surface area contributed by atoms with Crippen LogP contribution in [0.4, 0.5) is 5.69 Å². The normalized spacial score (nSPS) is 11.1. The number of aryl methyl sites for hydroxylation is 1. The van der Waals surface area contributed by atoms with E-state index in [2.05, 4.69) is 17.1 Å². The van der Waals surface area contributed by atoms with Crippen LogP contribution in [0.2, 0.25) is 0 Å². The molecule has 0 unspecified atom stereocenters. The number of aromatic nitrogens is 3. The summed E-state index contributed by atoms with van der Waals surface area (Å²) >= 11 is 1.61. The molecule has 0 atom stereocenters. The first kappa shape index (κ1) is 19.1. The number of nitrogens with two attached hydrogens (primary N) is 1. The summed E-state index contributed by atoms with van der Waals surface area (Å²) in [5.41, 5.74) is 9.33. The van der Waals surface area contributed by atoms with Gasteiger partial charge in [-0.05, 0) is 55.0 Å². The number of ether oxygens (including phenoxy) is 1. The van der Waals surface area contributed by atoms with Crippen LogP contribution in [0.3, 0.4) is 0 Å². The highest BCUT2D eigenvalue weighted by Gasteiger charge is 2.17. The second-order valence-electron chi connectivity index (χ2n) is 6.74. The third-order valence-electron chi connectivity index (χ3n) is 4.70. The zero-order valence-electron chi connectivity index (χ0n) is 16.3. The molecule has 0 aliphatic heterocycles. The lowest BCUT2D eigenvalue weighted by atomic mass is 10.1. The Morgan fingerprint density at radius 3 is 2.62 bits per heavy atom. The quantitative estimate of drug-likeness (QED) is 0.406. The lowest BCUT2D eigenvalue weighted by Crippen LogP contribution is -2.04. The Morgan fingerprint density at radius 1 is 1.10 bits per heavy atom. The van der Waals surface area contributed by atoms with Gasteiger partial charge in [0.05, 0.1) is 23.9 Å². The number of fused-ring (bicyclic) bond motifs is 1. The molecule has 4 aromatic rings. The SMILES string of the molecule is CCCc1[nH][nH]c(=O)c1-c1cc(Sc2ccc(N)cc2)c2cc(OC)ccc2n1. The van der Waals surface area contributed by atoms with Gasteiger partial charge in [-0.3, -0.25) is 9.89 Å². The van der Waals surface area contributed by atoms with E-state index in [1.165, 1.54) is 0 Å². The van der Waals surface area contributed by atoms with Crippen molar-refractivity contribution < 1.29 is 4.74 Å². The molecule has 0 saturated carbocycles. The summed E-state index contributed by atoms with van der Waals surface area (Å²) in [4.78, 5) is 19.3. The largest absolute Gasteiger partial charge is 0.497 e.